The van der Waals surface area contributed by atoms with Gasteiger partial charge in [0, 0.05) is 24.1 Å². The standard InChI is InChI=1S/C16H12F3N3O5/c17-16(18,19)9-7-12(21(23)24)15(13(8-9)22(25)26)20-11-5-6-27-14-4-2-1-3-10(11)14/h1-4,7-8,11,20H,5-6H2/t11-/m1/s1. The van der Waals surface area contributed by atoms with Crippen LogP contribution in [0.15, 0.2) is 36.4 Å². The van der Waals surface area contributed by atoms with Crippen LogP contribution in [0, 0.1) is 20.2 Å². The normalized spacial score (nSPS) is 16.2. The van der Waals surface area contributed by atoms with Crippen LogP contribution >= 0.6 is 0 Å². The summed E-state index contributed by atoms with van der Waals surface area (Å²) in [6.45, 7) is 0.247. The van der Waals surface area contributed by atoms with Crippen molar-refractivity contribution in [3.8, 4) is 5.75 Å². The van der Waals surface area contributed by atoms with Gasteiger partial charge in [0.05, 0.1) is 28.1 Å². The molecule has 2 aromatic rings. The van der Waals surface area contributed by atoms with Crippen molar-refractivity contribution >= 4 is 17.1 Å². The van der Waals surface area contributed by atoms with Crippen molar-refractivity contribution in [2.45, 2.75) is 18.6 Å². The lowest BCUT2D eigenvalue weighted by molar-refractivity contribution is -0.392. The number of halogens is 3. The van der Waals surface area contributed by atoms with Crippen LogP contribution in [0.3, 0.4) is 0 Å². The molecule has 0 spiro atoms. The van der Waals surface area contributed by atoms with Gasteiger partial charge in [-0.15, -0.1) is 0 Å². The van der Waals surface area contributed by atoms with Gasteiger partial charge in [-0.05, 0) is 6.07 Å². The highest BCUT2D eigenvalue weighted by atomic mass is 19.4. The number of ether oxygens (including phenoxy) is 1. The van der Waals surface area contributed by atoms with Gasteiger partial charge in [-0.1, -0.05) is 18.2 Å². The highest BCUT2D eigenvalue weighted by Crippen LogP contribution is 2.44. The van der Waals surface area contributed by atoms with Gasteiger partial charge in [-0.3, -0.25) is 20.2 Å². The average Bonchev–Trinajstić information content (AvgIpc) is 2.60. The molecule has 1 aliphatic rings. The van der Waals surface area contributed by atoms with Crippen LogP contribution in [0.4, 0.5) is 30.2 Å². The zero-order chi connectivity index (χ0) is 19.8. The molecule has 1 N–H and O–H groups in total. The Balaban J connectivity index is 2.12. The molecular weight excluding hydrogens is 371 g/mol. The van der Waals surface area contributed by atoms with Gasteiger partial charge in [-0.25, -0.2) is 0 Å². The highest BCUT2D eigenvalue weighted by Gasteiger charge is 2.38. The zero-order valence-corrected chi connectivity index (χ0v) is 13.5. The van der Waals surface area contributed by atoms with Crippen LogP contribution in [0.2, 0.25) is 0 Å². The second-order valence-corrected chi connectivity index (χ2v) is 5.77. The fourth-order valence-corrected chi connectivity index (χ4v) is 2.88. The first kappa shape index (κ1) is 18.4. The molecule has 0 fully saturated rings. The molecule has 27 heavy (non-hydrogen) atoms. The van der Waals surface area contributed by atoms with E-state index in [1.807, 2.05) is 0 Å². The second-order valence-electron chi connectivity index (χ2n) is 5.77. The summed E-state index contributed by atoms with van der Waals surface area (Å²) in [6.07, 6.45) is -4.63. The van der Waals surface area contributed by atoms with Crippen LogP contribution in [0.1, 0.15) is 23.6 Å². The maximum atomic E-state index is 13.0. The fraction of sp³-hybridized carbons (Fsp3) is 0.250. The van der Waals surface area contributed by atoms with E-state index in [2.05, 4.69) is 5.32 Å². The summed E-state index contributed by atoms with van der Waals surface area (Å²) >= 11 is 0. The molecule has 142 valence electrons. The first-order chi connectivity index (χ1) is 12.7. The van der Waals surface area contributed by atoms with Gasteiger partial charge in [0.1, 0.15) is 5.75 Å². The molecule has 0 bridgehead atoms. The predicted octanol–water partition coefficient (Wildman–Crippen LogP) is 4.46. The summed E-state index contributed by atoms with van der Waals surface area (Å²) in [5.41, 5.74) is -3.45. The van der Waals surface area contributed by atoms with Gasteiger partial charge < -0.3 is 10.1 Å². The fourth-order valence-electron chi connectivity index (χ4n) is 2.88. The van der Waals surface area contributed by atoms with Crippen molar-refractivity contribution in [1.82, 2.24) is 0 Å². The van der Waals surface area contributed by atoms with Crippen LogP contribution in [-0.2, 0) is 6.18 Å². The topological polar surface area (TPSA) is 108 Å². The first-order valence-electron chi connectivity index (χ1n) is 7.70. The van der Waals surface area contributed by atoms with Gasteiger partial charge in [0.2, 0.25) is 0 Å². The summed E-state index contributed by atoms with van der Waals surface area (Å²) in [5.74, 6) is 0.499. The van der Waals surface area contributed by atoms with Crippen molar-refractivity contribution in [2.75, 3.05) is 11.9 Å². The Morgan fingerprint density at radius 1 is 1.07 bits per heavy atom. The smallest absolute Gasteiger partial charge is 0.416 e. The van der Waals surface area contributed by atoms with E-state index < -0.39 is 44.7 Å². The summed E-state index contributed by atoms with van der Waals surface area (Å²) in [6, 6.07) is 6.74. The molecule has 2 aromatic carbocycles. The molecular formula is C16H12F3N3O5. The predicted molar refractivity (Wildman–Crippen MR) is 87.7 cm³/mol. The average molecular weight is 383 g/mol. The Morgan fingerprint density at radius 2 is 1.67 bits per heavy atom. The van der Waals surface area contributed by atoms with Crippen molar-refractivity contribution in [1.29, 1.82) is 0 Å². The number of alkyl halides is 3. The van der Waals surface area contributed by atoms with Crippen LogP contribution < -0.4 is 10.1 Å². The van der Waals surface area contributed by atoms with Gasteiger partial charge in [0.25, 0.3) is 11.4 Å². The molecule has 0 radical (unpaired) electrons. The monoisotopic (exact) mass is 383 g/mol. The summed E-state index contributed by atoms with van der Waals surface area (Å²) in [5, 5.41) is 25.3. The molecule has 0 amide bonds. The Labute approximate surface area is 149 Å². The lowest BCUT2D eigenvalue weighted by Crippen LogP contribution is -2.21. The van der Waals surface area contributed by atoms with Crippen molar-refractivity contribution < 1.29 is 27.8 Å². The van der Waals surface area contributed by atoms with Crippen LogP contribution in [0.5, 0.6) is 5.75 Å². The number of benzene rings is 2. The number of nitrogens with one attached hydrogen (secondary N) is 1. The number of para-hydroxylation sites is 1. The molecule has 0 unspecified atom stereocenters. The molecule has 1 atom stereocenters. The van der Waals surface area contributed by atoms with Crippen molar-refractivity contribution in [2.24, 2.45) is 0 Å². The molecule has 0 saturated heterocycles. The maximum Gasteiger partial charge on any atom is 0.416 e. The molecule has 3 rings (SSSR count). The Morgan fingerprint density at radius 3 is 2.22 bits per heavy atom. The molecule has 11 heteroatoms. The largest absolute Gasteiger partial charge is 0.493 e. The SMILES string of the molecule is O=[N+]([O-])c1cc(C(F)(F)F)cc([N+](=O)[O-])c1N[C@@H]1CCOc2ccccc21. The number of hydrogen-bond acceptors (Lipinski definition) is 6. The minimum atomic E-state index is -4.96. The van der Waals surface area contributed by atoms with E-state index in [1.165, 1.54) is 0 Å². The molecule has 1 aliphatic heterocycles. The third kappa shape index (κ3) is 3.61. The number of nitrogens with zero attached hydrogens (tertiary/aromatic N) is 2. The number of anilines is 1. The number of nitro groups is 2. The van der Waals surface area contributed by atoms with E-state index in [4.69, 9.17) is 4.74 Å². The summed E-state index contributed by atoms with van der Waals surface area (Å²) in [4.78, 5) is 20.5. The minimum absolute atomic E-state index is 0.247. The molecule has 1 heterocycles. The van der Waals surface area contributed by atoms with E-state index in [-0.39, 0.29) is 6.61 Å². The third-order valence-electron chi connectivity index (χ3n) is 4.09. The number of hydrogen-bond donors (Lipinski definition) is 1. The lowest BCUT2D eigenvalue weighted by Gasteiger charge is -2.27. The molecule has 8 nitrogen and oxygen atoms in total. The highest BCUT2D eigenvalue weighted by molar-refractivity contribution is 5.75. The Bertz CT molecular complexity index is 881. The van der Waals surface area contributed by atoms with Gasteiger partial charge in [-0.2, -0.15) is 13.2 Å². The zero-order valence-electron chi connectivity index (χ0n) is 13.5. The van der Waals surface area contributed by atoms with Crippen molar-refractivity contribution in [3.63, 3.8) is 0 Å². The van der Waals surface area contributed by atoms with Crippen molar-refractivity contribution in [3.05, 3.63) is 67.8 Å². The molecule has 0 aromatic heterocycles. The quantitative estimate of drug-likeness (QED) is 0.617. The number of nitro benzene ring substituents is 2. The Hall–Kier alpha value is -3.37. The van der Waals surface area contributed by atoms with E-state index in [1.54, 1.807) is 24.3 Å². The summed E-state index contributed by atoms with van der Waals surface area (Å²) < 4.78 is 44.4. The van der Waals surface area contributed by atoms with E-state index >= 15 is 0 Å². The van der Waals surface area contributed by atoms with E-state index in [0.29, 0.717) is 29.9 Å². The molecule has 0 aliphatic carbocycles. The maximum absolute atomic E-state index is 13.0. The van der Waals surface area contributed by atoms with E-state index in [9.17, 15) is 33.4 Å². The van der Waals surface area contributed by atoms with Crippen LogP contribution in [-0.4, -0.2) is 16.5 Å². The third-order valence-corrected chi connectivity index (χ3v) is 4.09. The van der Waals surface area contributed by atoms with E-state index in [0.717, 1.165) is 0 Å². The van der Waals surface area contributed by atoms with Crippen LogP contribution in [0.25, 0.3) is 0 Å². The number of fused-ring (bicyclic) bond motifs is 1. The molecule has 0 saturated carbocycles. The van der Waals surface area contributed by atoms with Gasteiger partial charge in [0.15, 0.2) is 5.69 Å². The second kappa shape index (κ2) is 6.74. The van der Waals surface area contributed by atoms with Gasteiger partial charge >= 0.3 is 6.18 Å². The Kier molecular flexibility index (Phi) is 4.60. The number of rotatable bonds is 4. The first-order valence-corrected chi connectivity index (χ1v) is 7.70. The summed E-state index contributed by atoms with van der Waals surface area (Å²) in [7, 11) is 0. The lowest BCUT2D eigenvalue weighted by atomic mass is 9.99. The minimum Gasteiger partial charge on any atom is -0.493 e.